The normalized spacial score (nSPS) is 11.0. The van der Waals surface area contributed by atoms with Crippen molar-refractivity contribution in [2.24, 2.45) is 5.92 Å². The average Bonchev–Trinajstić information content (AvgIpc) is 2.87. The summed E-state index contributed by atoms with van der Waals surface area (Å²) in [6, 6.07) is 6.72. The maximum atomic E-state index is 10.9. The van der Waals surface area contributed by atoms with Crippen LogP contribution in [0.5, 0.6) is 0 Å². The van der Waals surface area contributed by atoms with Crippen molar-refractivity contribution in [3.8, 4) is 5.69 Å². The van der Waals surface area contributed by atoms with Gasteiger partial charge in [0.25, 0.3) is 5.69 Å². The van der Waals surface area contributed by atoms with E-state index in [2.05, 4.69) is 24.3 Å². The van der Waals surface area contributed by atoms with Gasteiger partial charge in [-0.25, -0.2) is 4.68 Å². The number of rotatable bonds is 6. The summed E-state index contributed by atoms with van der Waals surface area (Å²) in [5.74, 6) is 0.589. The van der Waals surface area contributed by atoms with E-state index in [-0.39, 0.29) is 5.69 Å². The molecule has 1 N–H and O–H groups in total. The molecule has 0 aliphatic carbocycles. The zero-order chi connectivity index (χ0) is 15.4. The lowest BCUT2D eigenvalue weighted by Gasteiger charge is -2.06. The molecule has 21 heavy (non-hydrogen) atoms. The summed E-state index contributed by atoms with van der Waals surface area (Å²) >= 11 is 0. The Morgan fingerprint density at radius 2 is 2.14 bits per heavy atom. The van der Waals surface area contributed by atoms with E-state index in [4.69, 9.17) is 0 Å². The number of nitro benzene ring substituents is 1. The van der Waals surface area contributed by atoms with Crippen molar-refractivity contribution in [3.63, 3.8) is 0 Å². The van der Waals surface area contributed by atoms with Gasteiger partial charge in [-0.15, -0.1) is 0 Å². The summed E-state index contributed by atoms with van der Waals surface area (Å²) in [4.78, 5) is 10.5. The Balaban J connectivity index is 2.17. The van der Waals surface area contributed by atoms with Crippen LogP contribution >= 0.6 is 0 Å². The highest BCUT2D eigenvalue weighted by atomic mass is 16.6. The predicted molar refractivity (Wildman–Crippen MR) is 81.5 cm³/mol. The van der Waals surface area contributed by atoms with E-state index in [9.17, 15) is 10.1 Å². The van der Waals surface area contributed by atoms with E-state index in [0.717, 1.165) is 23.5 Å². The van der Waals surface area contributed by atoms with Gasteiger partial charge in [0.05, 0.1) is 16.3 Å². The first-order valence-corrected chi connectivity index (χ1v) is 6.98. The van der Waals surface area contributed by atoms with Crippen LogP contribution in [0.15, 0.2) is 30.5 Å². The van der Waals surface area contributed by atoms with Gasteiger partial charge in [-0.3, -0.25) is 10.1 Å². The van der Waals surface area contributed by atoms with Gasteiger partial charge >= 0.3 is 0 Å². The maximum absolute atomic E-state index is 10.9. The zero-order valence-corrected chi connectivity index (χ0v) is 12.5. The Morgan fingerprint density at radius 3 is 2.81 bits per heavy atom. The van der Waals surface area contributed by atoms with Crippen molar-refractivity contribution in [2.75, 3.05) is 6.54 Å². The van der Waals surface area contributed by atoms with Crippen molar-refractivity contribution in [1.82, 2.24) is 15.1 Å². The summed E-state index contributed by atoms with van der Waals surface area (Å²) in [6.45, 7) is 7.84. The molecule has 1 aromatic carbocycles. The third-order valence-electron chi connectivity index (χ3n) is 3.15. The molecule has 6 heteroatoms. The van der Waals surface area contributed by atoms with Gasteiger partial charge in [0, 0.05) is 24.9 Å². The summed E-state index contributed by atoms with van der Waals surface area (Å²) in [5.41, 5.74) is 2.68. The molecule has 0 saturated heterocycles. The predicted octanol–water partition coefficient (Wildman–Crippen LogP) is 2.83. The van der Waals surface area contributed by atoms with Gasteiger partial charge in [0.2, 0.25) is 0 Å². The first-order chi connectivity index (χ1) is 9.97. The lowest BCUT2D eigenvalue weighted by Crippen LogP contribution is -2.19. The van der Waals surface area contributed by atoms with Crippen LogP contribution in [0.25, 0.3) is 5.69 Å². The zero-order valence-electron chi connectivity index (χ0n) is 12.5. The van der Waals surface area contributed by atoms with E-state index >= 15 is 0 Å². The highest BCUT2D eigenvalue weighted by Gasteiger charge is 2.11. The molecule has 112 valence electrons. The van der Waals surface area contributed by atoms with Crippen molar-refractivity contribution < 1.29 is 4.92 Å². The number of nitro groups is 1. The molecule has 0 aliphatic heterocycles. The molecule has 0 spiro atoms. The molecule has 1 aromatic heterocycles. The molecule has 0 saturated carbocycles. The van der Waals surface area contributed by atoms with Gasteiger partial charge < -0.3 is 5.32 Å². The van der Waals surface area contributed by atoms with Crippen molar-refractivity contribution in [2.45, 2.75) is 27.3 Å². The number of nitrogens with one attached hydrogen (secondary N) is 1. The summed E-state index contributed by atoms with van der Waals surface area (Å²) in [5, 5.41) is 18.7. The minimum absolute atomic E-state index is 0.0746. The second kappa shape index (κ2) is 6.49. The second-order valence-corrected chi connectivity index (χ2v) is 5.50. The second-order valence-electron chi connectivity index (χ2n) is 5.50. The van der Waals surface area contributed by atoms with E-state index in [0.29, 0.717) is 12.5 Å². The van der Waals surface area contributed by atoms with Crippen LogP contribution < -0.4 is 5.32 Å². The number of aryl methyl sites for hydroxylation is 1. The van der Waals surface area contributed by atoms with Crippen LogP contribution in [-0.2, 0) is 6.54 Å². The molecule has 0 amide bonds. The Morgan fingerprint density at radius 1 is 1.38 bits per heavy atom. The standard InChI is InChI=1S/C15H20N4O2/c1-11(2)9-16-10-13-6-7-18(17-13)15-8-14(19(20)21)5-4-12(15)3/h4-8,11,16H,9-10H2,1-3H3. The quantitative estimate of drug-likeness (QED) is 0.655. The Kier molecular flexibility index (Phi) is 4.70. The van der Waals surface area contributed by atoms with E-state index in [1.54, 1.807) is 16.8 Å². The number of aromatic nitrogens is 2. The molecule has 2 aromatic rings. The number of hydrogen-bond donors (Lipinski definition) is 1. The molecule has 0 aliphatic rings. The fourth-order valence-corrected chi connectivity index (χ4v) is 2.04. The molecule has 2 rings (SSSR count). The van der Waals surface area contributed by atoms with Gasteiger partial charge in [-0.05, 0) is 31.0 Å². The van der Waals surface area contributed by atoms with Crippen LogP contribution in [0, 0.1) is 23.0 Å². The van der Waals surface area contributed by atoms with Crippen molar-refractivity contribution in [3.05, 3.63) is 51.8 Å². The molecule has 0 atom stereocenters. The SMILES string of the molecule is Cc1ccc([N+](=O)[O-])cc1-n1ccc(CNCC(C)C)n1. The largest absolute Gasteiger partial charge is 0.311 e. The minimum Gasteiger partial charge on any atom is -0.311 e. The highest BCUT2D eigenvalue weighted by Crippen LogP contribution is 2.20. The average molecular weight is 288 g/mol. The van der Waals surface area contributed by atoms with Crippen LogP contribution in [0.2, 0.25) is 0 Å². The molecule has 0 bridgehead atoms. The van der Waals surface area contributed by atoms with Crippen LogP contribution in [0.1, 0.15) is 25.1 Å². The van der Waals surface area contributed by atoms with E-state index in [1.807, 2.05) is 19.2 Å². The lowest BCUT2D eigenvalue weighted by molar-refractivity contribution is -0.384. The monoisotopic (exact) mass is 288 g/mol. The first kappa shape index (κ1) is 15.2. The van der Waals surface area contributed by atoms with Crippen molar-refractivity contribution >= 4 is 5.69 Å². The third-order valence-corrected chi connectivity index (χ3v) is 3.15. The molecular weight excluding hydrogens is 268 g/mol. The molecular formula is C15H20N4O2. The smallest absolute Gasteiger partial charge is 0.271 e. The lowest BCUT2D eigenvalue weighted by atomic mass is 10.2. The van der Waals surface area contributed by atoms with Crippen molar-refractivity contribution in [1.29, 1.82) is 0 Å². The van der Waals surface area contributed by atoms with Gasteiger partial charge in [-0.2, -0.15) is 5.10 Å². The molecule has 0 fully saturated rings. The number of non-ortho nitro benzene ring substituents is 1. The summed E-state index contributed by atoms with van der Waals surface area (Å²) in [7, 11) is 0. The van der Waals surface area contributed by atoms with Gasteiger partial charge in [0.1, 0.15) is 0 Å². The molecule has 0 unspecified atom stereocenters. The summed E-state index contributed by atoms with van der Waals surface area (Å²) < 4.78 is 1.69. The number of nitrogens with zero attached hydrogens (tertiary/aromatic N) is 3. The maximum Gasteiger partial charge on any atom is 0.271 e. The van der Waals surface area contributed by atoms with Gasteiger partial charge in [0.15, 0.2) is 0 Å². The molecule has 1 heterocycles. The minimum atomic E-state index is -0.391. The van der Waals surface area contributed by atoms with Gasteiger partial charge in [-0.1, -0.05) is 19.9 Å². The Labute approximate surface area is 123 Å². The van der Waals surface area contributed by atoms with E-state index < -0.39 is 4.92 Å². The van der Waals surface area contributed by atoms with Crippen LogP contribution in [0.4, 0.5) is 5.69 Å². The number of hydrogen-bond acceptors (Lipinski definition) is 4. The molecule has 0 radical (unpaired) electrons. The third kappa shape index (κ3) is 3.88. The van der Waals surface area contributed by atoms with Crippen LogP contribution in [-0.4, -0.2) is 21.2 Å². The van der Waals surface area contributed by atoms with Crippen LogP contribution in [0.3, 0.4) is 0 Å². The molecule has 6 nitrogen and oxygen atoms in total. The first-order valence-electron chi connectivity index (χ1n) is 6.98. The highest BCUT2D eigenvalue weighted by molar-refractivity contribution is 5.48. The fourth-order valence-electron chi connectivity index (χ4n) is 2.04. The Bertz CT molecular complexity index is 634. The van der Waals surface area contributed by atoms with E-state index in [1.165, 1.54) is 6.07 Å². The Hall–Kier alpha value is -2.21. The number of benzene rings is 1. The summed E-state index contributed by atoms with van der Waals surface area (Å²) in [6.07, 6.45) is 1.83. The fraction of sp³-hybridized carbons (Fsp3) is 0.400. The topological polar surface area (TPSA) is 73.0 Å².